The third-order valence-corrected chi connectivity index (χ3v) is 12.0. The standard InChI is InChI=1S/C50H34N4/c1-3-11-35(12-4-1)53-45-23-19-31(43-15-7-9-25-51-43)27-39(45)41-29-33-17-18-34-30-42-40-28-32(44-16-8-10-26-52-44)20-24-46(40)54(36-13-5-2-6-14-36)50(42)38-22-21-37(49(41)53)47(33)48(34)38/h1-16,19-20,23-30H,17-18,21-22H2. The van der Waals surface area contributed by atoms with Gasteiger partial charge in [0.2, 0.25) is 0 Å². The van der Waals surface area contributed by atoms with E-state index in [1.54, 1.807) is 0 Å². The van der Waals surface area contributed by atoms with Crippen molar-refractivity contribution in [3.05, 3.63) is 180 Å². The van der Waals surface area contributed by atoms with Gasteiger partial charge in [0, 0.05) is 56.4 Å². The maximum atomic E-state index is 4.72. The van der Waals surface area contributed by atoms with E-state index in [-0.39, 0.29) is 0 Å². The zero-order valence-electron chi connectivity index (χ0n) is 29.6. The van der Waals surface area contributed by atoms with Gasteiger partial charge in [0.05, 0.1) is 33.5 Å². The summed E-state index contributed by atoms with van der Waals surface area (Å²) in [6, 6.07) is 53.1. The molecule has 10 aromatic rings. The first kappa shape index (κ1) is 29.8. The molecule has 0 unspecified atom stereocenters. The van der Waals surface area contributed by atoms with Gasteiger partial charge in [-0.05, 0) is 144 Å². The second kappa shape index (κ2) is 11.4. The minimum atomic E-state index is 0.983. The van der Waals surface area contributed by atoms with Crippen LogP contribution < -0.4 is 0 Å². The molecule has 0 radical (unpaired) electrons. The van der Waals surface area contributed by atoms with Crippen LogP contribution in [0.25, 0.3) is 88.6 Å². The van der Waals surface area contributed by atoms with E-state index in [0.717, 1.165) is 48.2 Å². The van der Waals surface area contributed by atoms with Crippen LogP contribution in [-0.4, -0.2) is 19.1 Å². The van der Waals surface area contributed by atoms with Crippen LogP contribution >= 0.6 is 0 Å². The van der Waals surface area contributed by atoms with Crippen molar-refractivity contribution in [1.29, 1.82) is 0 Å². The lowest BCUT2D eigenvalue weighted by atomic mass is 9.74. The Balaban J connectivity index is 1.17. The van der Waals surface area contributed by atoms with Gasteiger partial charge in [-0.2, -0.15) is 0 Å². The molecule has 4 aromatic heterocycles. The minimum absolute atomic E-state index is 0.983. The number of benzene rings is 6. The van der Waals surface area contributed by atoms with Gasteiger partial charge >= 0.3 is 0 Å². The van der Waals surface area contributed by atoms with E-state index in [0.29, 0.717) is 0 Å². The van der Waals surface area contributed by atoms with Gasteiger partial charge in [-0.3, -0.25) is 9.97 Å². The van der Waals surface area contributed by atoms with Crippen LogP contribution in [0.4, 0.5) is 0 Å². The summed E-state index contributed by atoms with van der Waals surface area (Å²) in [4.78, 5) is 9.43. The second-order valence-corrected chi connectivity index (χ2v) is 14.8. The van der Waals surface area contributed by atoms with Crippen molar-refractivity contribution >= 4 is 43.6 Å². The van der Waals surface area contributed by atoms with Crippen molar-refractivity contribution < 1.29 is 0 Å². The largest absolute Gasteiger partial charge is 0.309 e. The molecule has 54 heavy (non-hydrogen) atoms. The van der Waals surface area contributed by atoms with Crippen LogP contribution in [0, 0.1) is 0 Å². The molecule has 254 valence electrons. The van der Waals surface area contributed by atoms with Crippen LogP contribution in [-0.2, 0) is 25.7 Å². The molecule has 0 bridgehead atoms. The Bertz CT molecular complexity index is 2910. The van der Waals surface area contributed by atoms with Gasteiger partial charge in [0.1, 0.15) is 0 Å². The summed E-state index contributed by atoms with van der Waals surface area (Å²) in [7, 11) is 0. The molecule has 2 aliphatic rings. The molecule has 4 heteroatoms. The molecule has 12 rings (SSSR count). The van der Waals surface area contributed by atoms with Gasteiger partial charge in [-0.25, -0.2) is 0 Å². The van der Waals surface area contributed by atoms with E-state index in [1.807, 2.05) is 24.5 Å². The molecule has 4 nitrogen and oxygen atoms in total. The zero-order valence-corrected chi connectivity index (χ0v) is 29.6. The normalized spacial score (nSPS) is 13.3. The lowest BCUT2D eigenvalue weighted by Gasteiger charge is -2.31. The van der Waals surface area contributed by atoms with E-state index >= 15 is 0 Å². The highest BCUT2D eigenvalue weighted by Gasteiger charge is 2.33. The molecule has 0 atom stereocenters. The topological polar surface area (TPSA) is 35.6 Å². The molecule has 6 aromatic carbocycles. The Morgan fingerprint density at radius 2 is 0.833 bits per heavy atom. The van der Waals surface area contributed by atoms with E-state index in [2.05, 4.69) is 143 Å². The molecule has 2 aliphatic carbocycles. The fourth-order valence-corrected chi connectivity index (χ4v) is 9.73. The van der Waals surface area contributed by atoms with Gasteiger partial charge < -0.3 is 9.13 Å². The van der Waals surface area contributed by atoms with Gasteiger partial charge in [-0.15, -0.1) is 0 Å². The fraction of sp³-hybridized carbons (Fsp3) is 0.0800. The Morgan fingerprint density at radius 1 is 0.389 bits per heavy atom. The number of hydrogen-bond donors (Lipinski definition) is 0. The highest BCUT2D eigenvalue weighted by Crippen LogP contribution is 2.51. The monoisotopic (exact) mass is 690 g/mol. The minimum Gasteiger partial charge on any atom is -0.309 e. The molecular formula is C50H34N4. The third-order valence-electron chi connectivity index (χ3n) is 12.0. The molecule has 0 spiro atoms. The molecule has 0 fully saturated rings. The molecule has 0 saturated carbocycles. The molecule has 0 aliphatic heterocycles. The quantitative estimate of drug-likeness (QED) is 0.184. The average molecular weight is 691 g/mol. The smallest absolute Gasteiger partial charge is 0.0702 e. The van der Waals surface area contributed by atoms with Crippen molar-refractivity contribution in [2.24, 2.45) is 0 Å². The number of fused-ring (bicyclic) bond motifs is 8. The van der Waals surface area contributed by atoms with Gasteiger partial charge in [0.25, 0.3) is 0 Å². The lowest BCUT2D eigenvalue weighted by Crippen LogP contribution is -2.16. The maximum Gasteiger partial charge on any atom is 0.0702 e. The predicted molar refractivity (Wildman–Crippen MR) is 222 cm³/mol. The summed E-state index contributed by atoms with van der Waals surface area (Å²) >= 11 is 0. The Morgan fingerprint density at radius 3 is 1.26 bits per heavy atom. The van der Waals surface area contributed by atoms with Crippen LogP contribution in [0.1, 0.15) is 22.3 Å². The molecular weight excluding hydrogens is 657 g/mol. The van der Waals surface area contributed by atoms with Gasteiger partial charge in [-0.1, -0.05) is 60.7 Å². The molecule has 0 saturated heterocycles. The van der Waals surface area contributed by atoms with Crippen LogP contribution in [0.15, 0.2) is 158 Å². The first-order valence-electron chi connectivity index (χ1n) is 19.0. The van der Waals surface area contributed by atoms with Gasteiger partial charge in [0.15, 0.2) is 0 Å². The summed E-state index contributed by atoms with van der Waals surface area (Å²) in [5.74, 6) is 0. The van der Waals surface area contributed by atoms with Crippen molar-refractivity contribution in [3.63, 3.8) is 0 Å². The van der Waals surface area contributed by atoms with Crippen molar-refractivity contribution in [2.45, 2.75) is 25.7 Å². The second-order valence-electron chi connectivity index (χ2n) is 14.8. The van der Waals surface area contributed by atoms with Crippen LogP contribution in [0.5, 0.6) is 0 Å². The average Bonchev–Trinajstić information content (AvgIpc) is 3.76. The SMILES string of the molecule is c1ccc(-n2c3ccc(-c4ccccn4)cc3c3cc4c5c(c32)CCc2c-5c(cc3c5cc(-c6ccccn6)ccc5n(-c5ccccc5)c23)CC4)cc1. The summed E-state index contributed by atoms with van der Waals surface area (Å²) < 4.78 is 5.06. The first-order valence-corrected chi connectivity index (χ1v) is 19.0. The number of hydrogen-bond acceptors (Lipinski definition) is 2. The number of rotatable bonds is 4. The van der Waals surface area contributed by atoms with Crippen LogP contribution in [0.3, 0.4) is 0 Å². The predicted octanol–water partition coefficient (Wildman–Crippen LogP) is 11.9. The Hall–Kier alpha value is -6.78. The third kappa shape index (κ3) is 4.19. The number of nitrogens with zero attached hydrogens (tertiary/aromatic N) is 4. The number of aromatic nitrogens is 4. The Labute approximate surface area is 312 Å². The summed E-state index contributed by atoms with van der Waals surface area (Å²) in [6.07, 6.45) is 7.80. The molecule has 4 heterocycles. The lowest BCUT2D eigenvalue weighted by molar-refractivity contribution is 0.883. The molecule has 0 N–H and O–H groups in total. The van der Waals surface area contributed by atoms with Crippen molar-refractivity contribution in [1.82, 2.24) is 19.1 Å². The zero-order chi connectivity index (χ0) is 35.3. The van der Waals surface area contributed by atoms with Crippen molar-refractivity contribution in [3.8, 4) is 45.0 Å². The number of pyridine rings is 2. The summed E-state index contributed by atoms with van der Waals surface area (Å²) in [6.45, 7) is 0. The first-order chi connectivity index (χ1) is 26.8. The van der Waals surface area contributed by atoms with E-state index in [4.69, 9.17) is 9.97 Å². The van der Waals surface area contributed by atoms with Crippen LogP contribution in [0.2, 0.25) is 0 Å². The molecule has 0 amide bonds. The highest BCUT2D eigenvalue weighted by molar-refractivity contribution is 6.16. The number of para-hydroxylation sites is 2. The summed E-state index contributed by atoms with van der Waals surface area (Å²) in [5.41, 5.74) is 20.7. The number of aryl methyl sites for hydroxylation is 4. The Kier molecular flexibility index (Phi) is 6.26. The van der Waals surface area contributed by atoms with Crippen molar-refractivity contribution in [2.75, 3.05) is 0 Å². The fourth-order valence-electron chi connectivity index (χ4n) is 9.73. The summed E-state index contributed by atoms with van der Waals surface area (Å²) in [5, 5.41) is 5.26. The highest BCUT2D eigenvalue weighted by atomic mass is 15.0. The van der Waals surface area contributed by atoms with E-state index in [9.17, 15) is 0 Å². The van der Waals surface area contributed by atoms with E-state index in [1.165, 1.54) is 88.4 Å². The maximum absolute atomic E-state index is 4.72. The van der Waals surface area contributed by atoms with E-state index < -0.39 is 0 Å².